The molecule has 0 unspecified atom stereocenters. The molecule has 0 aliphatic heterocycles. The highest BCUT2D eigenvalue weighted by atomic mass is 79.9. The van der Waals surface area contributed by atoms with Crippen molar-refractivity contribution in [3.8, 4) is 0 Å². The predicted octanol–water partition coefficient (Wildman–Crippen LogP) is 3.69. The highest BCUT2D eigenvalue weighted by molar-refractivity contribution is 9.10. The molecule has 0 atom stereocenters. The van der Waals surface area contributed by atoms with Crippen molar-refractivity contribution < 1.29 is 0 Å². The zero-order chi connectivity index (χ0) is 12.2. The summed E-state index contributed by atoms with van der Waals surface area (Å²) in [6.07, 6.45) is 2.07. The number of benzene rings is 1. The Bertz CT molecular complexity index is 317. The van der Waals surface area contributed by atoms with Gasteiger partial charge < -0.3 is 11.1 Å². The first-order valence-electron chi connectivity index (χ1n) is 5.80. The average molecular weight is 285 g/mol. The Morgan fingerprint density at radius 3 is 2.31 bits per heavy atom. The van der Waals surface area contributed by atoms with Gasteiger partial charge in [0.15, 0.2) is 0 Å². The summed E-state index contributed by atoms with van der Waals surface area (Å²) in [6.45, 7) is 7.10. The fraction of sp³-hybridized carbons (Fsp3) is 0.538. The van der Waals surface area contributed by atoms with E-state index in [1.807, 2.05) is 0 Å². The second-order valence-corrected chi connectivity index (χ2v) is 5.25. The molecule has 0 bridgehead atoms. The van der Waals surface area contributed by atoms with E-state index in [1.54, 1.807) is 0 Å². The first-order valence-corrected chi connectivity index (χ1v) is 6.60. The second-order valence-electron chi connectivity index (χ2n) is 4.33. The lowest BCUT2D eigenvalue weighted by atomic mass is 9.92. The van der Waals surface area contributed by atoms with Crippen LogP contribution in [0.3, 0.4) is 0 Å². The molecular weight excluding hydrogens is 264 g/mol. The van der Waals surface area contributed by atoms with Gasteiger partial charge in [-0.3, -0.25) is 0 Å². The van der Waals surface area contributed by atoms with Crippen LogP contribution in [-0.4, -0.2) is 12.1 Å². The number of hydrogen-bond donors (Lipinski definition) is 2. The van der Waals surface area contributed by atoms with Gasteiger partial charge in [0.2, 0.25) is 0 Å². The molecule has 0 radical (unpaired) electrons. The van der Waals surface area contributed by atoms with Crippen LogP contribution in [0.5, 0.6) is 0 Å². The van der Waals surface area contributed by atoms with E-state index in [0.717, 1.165) is 23.0 Å². The van der Waals surface area contributed by atoms with Crippen molar-refractivity contribution in [2.45, 2.75) is 39.2 Å². The SMILES string of the molecule is CCC(CC)(CN)Nc1cc(C)cc(Br)c1. The van der Waals surface area contributed by atoms with Crippen molar-refractivity contribution in [1.29, 1.82) is 0 Å². The van der Waals surface area contributed by atoms with Crippen molar-refractivity contribution in [1.82, 2.24) is 0 Å². The molecule has 0 aromatic heterocycles. The van der Waals surface area contributed by atoms with E-state index in [9.17, 15) is 0 Å². The van der Waals surface area contributed by atoms with Gasteiger partial charge in [0.25, 0.3) is 0 Å². The van der Waals surface area contributed by atoms with Gasteiger partial charge in [0, 0.05) is 22.2 Å². The Hall–Kier alpha value is -0.540. The van der Waals surface area contributed by atoms with Crippen LogP contribution in [0.1, 0.15) is 32.3 Å². The number of nitrogens with two attached hydrogens (primary N) is 1. The summed E-state index contributed by atoms with van der Waals surface area (Å²) in [5.74, 6) is 0. The van der Waals surface area contributed by atoms with Crippen molar-refractivity contribution in [2.75, 3.05) is 11.9 Å². The number of nitrogens with one attached hydrogen (secondary N) is 1. The van der Waals surface area contributed by atoms with E-state index in [2.05, 4.69) is 60.2 Å². The van der Waals surface area contributed by atoms with E-state index in [4.69, 9.17) is 5.73 Å². The fourth-order valence-corrected chi connectivity index (χ4v) is 2.49. The Morgan fingerprint density at radius 1 is 1.25 bits per heavy atom. The van der Waals surface area contributed by atoms with Crippen LogP contribution in [0.4, 0.5) is 5.69 Å². The molecule has 0 aliphatic carbocycles. The summed E-state index contributed by atoms with van der Waals surface area (Å²) < 4.78 is 1.10. The number of rotatable bonds is 5. The molecule has 3 N–H and O–H groups in total. The molecule has 0 fully saturated rings. The van der Waals surface area contributed by atoms with Crippen molar-refractivity contribution in [3.63, 3.8) is 0 Å². The maximum atomic E-state index is 5.88. The molecule has 1 aromatic carbocycles. The van der Waals surface area contributed by atoms with Crippen LogP contribution in [0.15, 0.2) is 22.7 Å². The third-order valence-corrected chi connectivity index (χ3v) is 3.65. The predicted molar refractivity (Wildman–Crippen MR) is 74.9 cm³/mol. The molecule has 3 heteroatoms. The van der Waals surface area contributed by atoms with Crippen LogP contribution in [-0.2, 0) is 0 Å². The topological polar surface area (TPSA) is 38.0 Å². The second kappa shape index (κ2) is 5.69. The normalized spacial score (nSPS) is 11.6. The Balaban J connectivity index is 2.93. The standard InChI is InChI=1S/C13H21BrN2/c1-4-13(5-2,9-15)16-12-7-10(3)6-11(14)8-12/h6-8,16H,4-5,9,15H2,1-3H3. The van der Waals surface area contributed by atoms with Crippen LogP contribution >= 0.6 is 15.9 Å². The Labute approximate surface area is 107 Å². The molecule has 0 spiro atoms. The molecule has 0 heterocycles. The zero-order valence-corrected chi connectivity index (χ0v) is 11.9. The van der Waals surface area contributed by atoms with Crippen LogP contribution in [0.2, 0.25) is 0 Å². The first kappa shape index (κ1) is 13.5. The molecular formula is C13H21BrN2. The molecule has 2 nitrogen and oxygen atoms in total. The van der Waals surface area contributed by atoms with Crippen LogP contribution in [0, 0.1) is 6.92 Å². The maximum absolute atomic E-state index is 5.88. The summed E-state index contributed by atoms with van der Waals surface area (Å²) in [6, 6.07) is 6.36. The Kier molecular flexibility index (Phi) is 4.81. The quantitative estimate of drug-likeness (QED) is 0.866. The third kappa shape index (κ3) is 3.22. The molecule has 0 amide bonds. The van der Waals surface area contributed by atoms with Gasteiger partial charge in [0.1, 0.15) is 0 Å². The highest BCUT2D eigenvalue weighted by Crippen LogP contribution is 2.25. The molecule has 0 saturated carbocycles. The third-order valence-electron chi connectivity index (χ3n) is 3.20. The largest absolute Gasteiger partial charge is 0.378 e. The summed E-state index contributed by atoms with van der Waals surface area (Å²) in [5, 5.41) is 3.57. The molecule has 0 saturated heterocycles. The molecule has 1 rings (SSSR count). The smallest absolute Gasteiger partial charge is 0.0490 e. The highest BCUT2D eigenvalue weighted by Gasteiger charge is 2.23. The number of aryl methyl sites for hydroxylation is 1. The first-order chi connectivity index (χ1) is 7.55. The number of hydrogen-bond acceptors (Lipinski definition) is 2. The minimum Gasteiger partial charge on any atom is -0.378 e. The van der Waals surface area contributed by atoms with Gasteiger partial charge in [0.05, 0.1) is 0 Å². The van der Waals surface area contributed by atoms with Crippen LogP contribution in [0.25, 0.3) is 0 Å². The van der Waals surface area contributed by atoms with E-state index < -0.39 is 0 Å². The van der Waals surface area contributed by atoms with Crippen LogP contribution < -0.4 is 11.1 Å². The average Bonchev–Trinajstić information content (AvgIpc) is 2.25. The number of anilines is 1. The lowest BCUT2D eigenvalue weighted by Crippen LogP contribution is -2.44. The minimum atomic E-state index is 0.0211. The van der Waals surface area contributed by atoms with Crippen molar-refractivity contribution >= 4 is 21.6 Å². The zero-order valence-electron chi connectivity index (χ0n) is 10.3. The van der Waals surface area contributed by atoms with E-state index in [-0.39, 0.29) is 5.54 Å². The maximum Gasteiger partial charge on any atom is 0.0490 e. The van der Waals surface area contributed by atoms with Crippen molar-refractivity contribution in [2.24, 2.45) is 5.73 Å². The van der Waals surface area contributed by atoms with Gasteiger partial charge in [-0.25, -0.2) is 0 Å². The molecule has 16 heavy (non-hydrogen) atoms. The lowest BCUT2D eigenvalue weighted by Gasteiger charge is -2.33. The van der Waals surface area contributed by atoms with Gasteiger partial charge >= 0.3 is 0 Å². The van der Waals surface area contributed by atoms with Gasteiger partial charge in [-0.1, -0.05) is 29.8 Å². The minimum absolute atomic E-state index is 0.0211. The summed E-state index contributed by atoms with van der Waals surface area (Å²) in [7, 11) is 0. The van der Waals surface area contributed by atoms with E-state index in [1.165, 1.54) is 5.56 Å². The van der Waals surface area contributed by atoms with Gasteiger partial charge in [-0.05, 0) is 43.5 Å². The molecule has 90 valence electrons. The molecule has 0 aliphatic rings. The van der Waals surface area contributed by atoms with E-state index in [0.29, 0.717) is 6.54 Å². The monoisotopic (exact) mass is 284 g/mol. The van der Waals surface area contributed by atoms with E-state index >= 15 is 0 Å². The lowest BCUT2D eigenvalue weighted by molar-refractivity contribution is 0.445. The van der Waals surface area contributed by atoms with Crippen molar-refractivity contribution in [3.05, 3.63) is 28.2 Å². The molecule has 1 aromatic rings. The Morgan fingerprint density at radius 2 is 1.88 bits per heavy atom. The van der Waals surface area contributed by atoms with Gasteiger partial charge in [-0.15, -0.1) is 0 Å². The summed E-state index contributed by atoms with van der Waals surface area (Å²) >= 11 is 3.52. The van der Waals surface area contributed by atoms with Gasteiger partial charge in [-0.2, -0.15) is 0 Å². The summed E-state index contributed by atoms with van der Waals surface area (Å²) in [4.78, 5) is 0. The summed E-state index contributed by atoms with van der Waals surface area (Å²) in [5.41, 5.74) is 8.28. The number of halogens is 1. The fourth-order valence-electron chi connectivity index (χ4n) is 1.88.